The van der Waals surface area contributed by atoms with E-state index in [1.54, 1.807) is 11.3 Å². The van der Waals surface area contributed by atoms with Crippen LogP contribution in [0.1, 0.15) is 60.0 Å². The van der Waals surface area contributed by atoms with E-state index >= 15 is 0 Å². The Hall–Kier alpha value is -2.12. The molecule has 0 unspecified atom stereocenters. The number of aromatic nitrogens is 3. The van der Waals surface area contributed by atoms with E-state index in [4.69, 9.17) is 0 Å². The van der Waals surface area contributed by atoms with Crippen molar-refractivity contribution in [3.8, 4) is 0 Å². The quantitative estimate of drug-likeness (QED) is 0.473. The average Bonchev–Trinajstić information content (AvgIpc) is 3.36. The number of thioether (sulfide) groups is 1. The van der Waals surface area contributed by atoms with Crippen LogP contribution in [-0.2, 0) is 11.2 Å². The van der Waals surface area contributed by atoms with Crippen molar-refractivity contribution in [3.63, 3.8) is 0 Å². The predicted molar refractivity (Wildman–Crippen MR) is 125 cm³/mol. The number of carbonyl (C=O) groups excluding carboxylic acids is 1. The normalized spacial score (nSPS) is 14.7. The Kier molecular flexibility index (Phi) is 6.89. The maximum Gasteiger partial charge on any atom is 0.234 e. The largest absolute Gasteiger partial charge is 0.325 e. The Balaban J connectivity index is 1.47. The number of hydrogen-bond acceptors (Lipinski definition) is 5. The second-order valence-electron chi connectivity index (χ2n) is 8.03. The first kappa shape index (κ1) is 21.1. The third kappa shape index (κ3) is 5.32. The number of rotatable bonds is 7. The van der Waals surface area contributed by atoms with Crippen LogP contribution < -0.4 is 5.32 Å². The molecule has 7 heteroatoms. The molecule has 0 atom stereocenters. The van der Waals surface area contributed by atoms with Gasteiger partial charge in [0.1, 0.15) is 5.82 Å². The second kappa shape index (κ2) is 9.79. The minimum absolute atomic E-state index is 0.0111. The molecule has 158 valence electrons. The number of anilines is 1. The summed E-state index contributed by atoms with van der Waals surface area (Å²) in [5, 5.41) is 15.0. The fourth-order valence-electron chi connectivity index (χ4n) is 4.18. The molecule has 0 aliphatic heterocycles. The Morgan fingerprint density at radius 1 is 1.17 bits per heavy atom. The number of benzene rings is 1. The minimum Gasteiger partial charge on any atom is -0.325 e. The summed E-state index contributed by atoms with van der Waals surface area (Å²) >= 11 is 3.24. The molecule has 5 nitrogen and oxygen atoms in total. The van der Waals surface area contributed by atoms with Gasteiger partial charge in [0, 0.05) is 23.0 Å². The van der Waals surface area contributed by atoms with E-state index in [1.807, 2.05) is 26.0 Å². The van der Waals surface area contributed by atoms with Gasteiger partial charge in [0.15, 0.2) is 5.16 Å². The van der Waals surface area contributed by atoms with Crippen LogP contribution in [0.25, 0.3) is 0 Å². The van der Waals surface area contributed by atoms with E-state index in [9.17, 15) is 4.79 Å². The van der Waals surface area contributed by atoms with Crippen LogP contribution in [-0.4, -0.2) is 26.4 Å². The summed E-state index contributed by atoms with van der Waals surface area (Å²) in [4.78, 5) is 13.9. The highest BCUT2D eigenvalue weighted by molar-refractivity contribution is 7.99. The second-order valence-corrected chi connectivity index (χ2v) is 10.0. The van der Waals surface area contributed by atoms with Crippen LogP contribution in [0.4, 0.5) is 5.69 Å². The van der Waals surface area contributed by atoms with Gasteiger partial charge in [0.25, 0.3) is 0 Å². The SMILES string of the molecule is Cc1cc(C)cc(NC(=O)CSc2nnc(Cc3cccs3)n2C2CCCCC2)c1. The number of thiophene rings is 1. The maximum atomic E-state index is 12.6. The molecular formula is C23H28N4OS2. The summed E-state index contributed by atoms with van der Waals surface area (Å²) in [5.74, 6) is 1.33. The van der Waals surface area contributed by atoms with Gasteiger partial charge in [0.2, 0.25) is 5.91 Å². The van der Waals surface area contributed by atoms with Gasteiger partial charge >= 0.3 is 0 Å². The molecular weight excluding hydrogens is 412 g/mol. The number of nitrogens with one attached hydrogen (secondary N) is 1. The summed E-state index contributed by atoms with van der Waals surface area (Å²) in [6.45, 7) is 4.08. The van der Waals surface area contributed by atoms with Crippen molar-refractivity contribution in [1.29, 1.82) is 0 Å². The summed E-state index contributed by atoms with van der Waals surface area (Å²) in [5.41, 5.74) is 3.15. The third-order valence-electron chi connectivity index (χ3n) is 5.43. The third-order valence-corrected chi connectivity index (χ3v) is 7.24. The van der Waals surface area contributed by atoms with Crippen LogP contribution >= 0.6 is 23.1 Å². The highest BCUT2D eigenvalue weighted by atomic mass is 32.2. The molecule has 1 aliphatic rings. The van der Waals surface area contributed by atoms with Crippen LogP contribution in [0.3, 0.4) is 0 Å². The molecule has 1 aliphatic carbocycles. The van der Waals surface area contributed by atoms with Gasteiger partial charge in [-0.25, -0.2) is 0 Å². The number of hydrogen-bond donors (Lipinski definition) is 1. The van der Waals surface area contributed by atoms with Crippen LogP contribution in [0.15, 0.2) is 40.9 Å². The fraction of sp³-hybridized carbons (Fsp3) is 0.435. The van der Waals surface area contributed by atoms with Crippen molar-refractivity contribution in [3.05, 3.63) is 57.5 Å². The molecule has 1 amide bonds. The van der Waals surface area contributed by atoms with Crippen molar-refractivity contribution in [2.24, 2.45) is 0 Å². The fourth-order valence-corrected chi connectivity index (χ4v) is 5.70. The zero-order valence-corrected chi connectivity index (χ0v) is 19.2. The molecule has 1 N–H and O–H groups in total. The molecule has 2 heterocycles. The summed E-state index contributed by atoms with van der Waals surface area (Å²) in [7, 11) is 0. The number of nitrogens with zero attached hydrogens (tertiary/aromatic N) is 3. The molecule has 30 heavy (non-hydrogen) atoms. The Labute approximate surface area is 186 Å². The number of carbonyl (C=O) groups is 1. The Morgan fingerprint density at radius 3 is 2.63 bits per heavy atom. The molecule has 1 saturated carbocycles. The molecule has 0 spiro atoms. The lowest BCUT2D eigenvalue weighted by atomic mass is 9.95. The Morgan fingerprint density at radius 2 is 1.93 bits per heavy atom. The molecule has 0 saturated heterocycles. The van der Waals surface area contributed by atoms with Crippen LogP contribution in [0.5, 0.6) is 0 Å². The summed E-state index contributed by atoms with van der Waals surface area (Å²) in [6.07, 6.45) is 6.93. The van der Waals surface area contributed by atoms with E-state index in [-0.39, 0.29) is 5.91 Å². The van der Waals surface area contributed by atoms with Gasteiger partial charge in [-0.1, -0.05) is 43.2 Å². The predicted octanol–water partition coefficient (Wildman–Crippen LogP) is 5.78. The first-order valence-electron chi connectivity index (χ1n) is 10.6. The molecule has 0 radical (unpaired) electrons. The minimum atomic E-state index is -0.0111. The van der Waals surface area contributed by atoms with Gasteiger partial charge in [-0.3, -0.25) is 4.79 Å². The first-order chi connectivity index (χ1) is 14.6. The van der Waals surface area contributed by atoms with Gasteiger partial charge in [0.05, 0.1) is 5.75 Å². The summed E-state index contributed by atoms with van der Waals surface area (Å²) in [6, 6.07) is 10.8. The van der Waals surface area contributed by atoms with Crippen molar-refractivity contribution < 1.29 is 4.79 Å². The highest BCUT2D eigenvalue weighted by Gasteiger charge is 2.23. The Bertz CT molecular complexity index is 971. The molecule has 4 rings (SSSR count). The standard InChI is InChI=1S/C23H28N4OS2/c1-16-11-17(2)13-18(12-16)24-22(28)15-30-23-26-25-21(14-20-9-6-10-29-20)27(23)19-7-4-3-5-8-19/h6,9-13,19H,3-5,7-8,14-15H2,1-2H3,(H,24,28). The van der Waals surface area contributed by atoms with Gasteiger partial charge in [-0.05, 0) is 61.4 Å². The van der Waals surface area contributed by atoms with Crippen LogP contribution in [0, 0.1) is 13.8 Å². The monoisotopic (exact) mass is 440 g/mol. The maximum absolute atomic E-state index is 12.6. The van der Waals surface area contributed by atoms with Crippen molar-refractivity contribution >= 4 is 34.7 Å². The van der Waals surface area contributed by atoms with E-state index in [1.165, 1.54) is 35.9 Å². The zero-order chi connectivity index (χ0) is 20.9. The van der Waals surface area contributed by atoms with Crippen LogP contribution in [0.2, 0.25) is 0 Å². The molecule has 2 aromatic heterocycles. The molecule has 3 aromatic rings. The highest BCUT2D eigenvalue weighted by Crippen LogP contribution is 2.33. The van der Waals surface area contributed by atoms with E-state index in [0.717, 1.165) is 47.1 Å². The van der Waals surface area contributed by atoms with Gasteiger partial charge in [-0.15, -0.1) is 21.5 Å². The van der Waals surface area contributed by atoms with Gasteiger partial charge in [-0.2, -0.15) is 0 Å². The topological polar surface area (TPSA) is 59.8 Å². The van der Waals surface area contributed by atoms with Crippen molar-refractivity contribution in [2.45, 2.75) is 63.6 Å². The van der Waals surface area contributed by atoms with E-state index in [0.29, 0.717) is 11.8 Å². The number of amides is 1. The lowest BCUT2D eigenvalue weighted by molar-refractivity contribution is -0.113. The molecule has 0 bridgehead atoms. The van der Waals surface area contributed by atoms with Crippen molar-refractivity contribution in [1.82, 2.24) is 14.8 Å². The summed E-state index contributed by atoms with van der Waals surface area (Å²) < 4.78 is 2.31. The molecule has 1 aromatic carbocycles. The lowest BCUT2D eigenvalue weighted by Gasteiger charge is -2.25. The van der Waals surface area contributed by atoms with Gasteiger partial charge < -0.3 is 9.88 Å². The lowest BCUT2D eigenvalue weighted by Crippen LogP contribution is -2.18. The average molecular weight is 441 g/mol. The van der Waals surface area contributed by atoms with Crippen molar-refractivity contribution in [2.75, 3.05) is 11.1 Å². The first-order valence-corrected chi connectivity index (χ1v) is 12.4. The number of aryl methyl sites for hydroxylation is 2. The smallest absolute Gasteiger partial charge is 0.234 e. The van der Waals surface area contributed by atoms with E-state index in [2.05, 4.69) is 43.7 Å². The van der Waals surface area contributed by atoms with E-state index < -0.39 is 0 Å². The zero-order valence-electron chi connectivity index (χ0n) is 17.6. The molecule has 1 fully saturated rings.